The molecular formula is C16H25NO3. The van der Waals surface area contributed by atoms with E-state index < -0.39 is 11.5 Å². The van der Waals surface area contributed by atoms with E-state index in [1.165, 1.54) is 24.2 Å². The van der Waals surface area contributed by atoms with Crippen molar-refractivity contribution in [1.82, 2.24) is 4.90 Å². The molecule has 0 saturated heterocycles. The zero-order valence-electron chi connectivity index (χ0n) is 12.7. The summed E-state index contributed by atoms with van der Waals surface area (Å²) in [7, 11) is 1.66. The maximum atomic E-state index is 13.0. The number of nitrogens with zero attached hydrogens (tertiary/aromatic N) is 1. The molecule has 4 saturated carbocycles. The molecule has 4 nitrogen and oxygen atoms in total. The number of amides is 1. The van der Waals surface area contributed by atoms with Crippen LogP contribution in [0.2, 0.25) is 0 Å². The SMILES string of the molecule is CN(C(=O)C12CC3CC(CC(C3)C1)C2)C(C)(C)C(=O)O. The highest BCUT2D eigenvalue weighted by molar-refractivity contribution is 5.89. The van der Waals surface area contributed by atoms with Crippen LogP contribution in [-0.2, 0) is 9.59 Å². The Kier molecular flexibility index (Phi) is 2.93. The van der Waals surface area contributed by atoms with Gasteiger partial charge < -0.3 is 10.0 Å². The molecule has 0 unspecified atom stereocenters. The average molecular weight is 279 g/mol. The van der Waals surface area contributed by atoms with E-state index in [0.717, 1.165) is 19.3 Å². The molecular weight excluding hydrogens is 254 g/mol. The Morgan fingerprint density at radius 1 is 1.05 bits per heavy atom. The highest BCUT2D eigenvalue weighted by Crippen LogP contribution is 2.60. The van der Waals surface area contributed by atoms with E-state index in [2.05, 4.69) is 0 Å². The number of aliphatic carboxylic acids is 1. The quantitative estimate of drug-likeness (QED) is 0.863. The van der Waals surface area contributed by atoms with Gasteiger partial charge in [-0.05, 0) is 70.1 Å². The second-order valence-corrected chi connectivity index (χ2v) is 7.93. The van der Waals surface area contributed by atoms with Crippen LogP contribution in [0.15, 0.2) is 0 Å². The fraction of sp³-hybridized carbons (Fsp3) is 0.875. The monoisotopic (exact) mass is 279 g/mol. The molecule has 4 fully saturated rings. The van der Waals surface area contributed by atoms with Crippen molar-refractivity contribution in [2.75, 3.05) is 7.05 Å². The van der Waals surface area contributed by atoms with Gasteiger partial charge >= 0.3 is 5.97 Å². The van der Waals surface area contributed by atoms with Gasteiger partial charge in [-0.3, -0.25) is 4.79 Å². The maximum absolute atomic E-state index is 13.0. The highest BCUT2D eigenvalue weighted by Gasteiger charge is 2.56. The summed E-state index contributed by atoms with van der Waals surface area (Å²) in [5, 5.41) is 9.35. The van der Waals surface area contributed by atoms with Gasteiger partial charge in [-0.25, -0.2) is 4.79 Å². The molecule has 20 heavy (non-hydrogen) atoms. The van der Waals surface area contributed by atoms with E-state index in [4.69, 9.17) is 0 Å². The second kappa shape index (κ2) is 4.22. The molecule has 112 valence electrons. The second-order valence-electron chi connectivity index (χ2n) is 7.93. The van der Waals surface area contributed by atoms with Gasteiger partial charge in [0.1, 0.15) is 5.54 Å². The van der Waals surface area contributed by atoms with Crippen LogP contribution in [0.3, 0.4) is 0 Å². The molecule has 0 aliphatic heterocycles. The summed E-state index contributed by atoms with van der Waals surface area (Å²) in [4.78, 5) is 25.9. The minimum absolute atomic E-state index is 0.0731. The van der Waals surface area contributed by atoms with Gasteiger partial charge in [0.05, 0.1) is 5.41 Å². The predicted molar refractivity (Wildman–Crippen MR) is 75.1 cm³/mol. The number of carbonyl (C=O) groups is 2. The molecule has 0 aromatic carbocycles. The summed E-state index contributed by atoms with van der Waals surface area (Å²) in [5.74, 6) is 1.24. The Labute approximate surface area is 120 Å². The first kappa shape index (κ1) is 13.9. The normalized spacial score (nSPS) is 38.9. The Morgan fingerprint density at radius 3 is 1.80 bits per heavy atom. The van der Waals surface area contributed by atoms with Gasteiger partial charge in [-0.2, -0.15) is 0 Å². The van der Waals surface area contributed by atoms with Crippen LogP contribution in [0, 0.1) is 23.2 Å². The van der Waals surface area contributed by atoms with Crippen molar-refractivity contribution in [2.45, 2.75) is 57.9 Å². The summed E-state index contributed by atoms with van der Waals surface area (Å²) in [6.45, 7) is 3.24. The molecule has 4 rings (SSSR count). The van der Waals surface area contributed by atoms with Crippen molar-refractivity contribution < 1.29 is 14.7 Å². The lowest BCUT2D eigenvalue weighted by Crippen LogP contribution is -2.59. The molecule has 0 spiro atoms. The molecule has 4 aliphatic rings. The van der Waals surface area contributed by atoms with Gasteiger partial charge in [0.2, 0.25) is 5.91 Å². The largest absolute Gasteiger partial charge is 0.480 e. The fourth-order valence-corrected chi connectivity index (χ4v) is 5.13. The number of rotatable bonds is 3. The van der Waals surface area contributed by atoms with E-state index in [-0.39, 0.29) is 11.3 Å². The Morgan fingerprint density at radius 2 is 1.45 bits per heavy atom. The first-order valence-electron chi connectivity index (χ1n) is 7.76. The highest BCUT2D eigenvalue weighted by atomic mass is 16.4. The van der Waals surface area contributed by atoms with Gasteiger partial charge in [-0.15, -0.1) is 0 Å². The zero-order chi connectivity index (χ0) is 14.7. The van der Waals surface area contributed by atoms with E-state index in [9.17, 15) is 14.7 Å². The molecule has 0 radical (unpaired) electrons. The molecule has 0 heterocycles. The van der Waals surface area contributed by atoms with Crippen LogP contribution in [0.5, 0.6) is 0 Å². The van der Waals surface area contributed by atoms with Gasteiger partial charge in [-0.1, -0.05) is 0 Å². The Bertz CT molecular complexity index is 419. The fourth-order valence-electron chi connectivity index (χ4n) is 5.13. The van der Waals surface area contributed by atoms with Crippen LogP contribution in [0.1, 0.15) is 52.4 Å². The smallest absolute Gasteiger partial charge is 0.329 e. The van der Waals surface area contributed by atoms with Crippen LogP contribution in [0.4, 0.5) is 0 Å². The third-order valence-corrected chi connectivity index (χ3v) is 6.16. The number of carboxylic acids is 1. The summed E-state index contributed by atoms with van der Waals surface area (Å²) < 4.78 is 0. The van der Waals surface area contributed by atoms with Crippen LogP contribution in [0.25, 0.3) is 0 Å². The van der Waals surface area contributed by atoms with Gasteiger partial charge in [0.25, 0.3) is 0 Å². The van der Waals surface area contributed by atoms with Crippen molar-refractivity contribution in [2.24, 2.45) is 23.2 Å². The predicted octanol–water partition coefficient (Wildman–Crippen LogP) is 2.52. The lowest BCUT2D eigenvalue weighted by Gasteiger charge is -2.57. The van der Waals surface area contributed by atoms with E-state index in [1.54, 1.807) is 20.9 Å². The molecule has 0 aromatic rings. The van der Waals surface area contributed by atoms with E-state index in [1.807, 2.05) is 0 Å². The third-order valence-electron chi connectivity index (χ3n) is 6.16. The van der Waals surface area contributed by atoms with Crippen molar-refractivity contribution in [1.29, 1.82) is 0 Å². The van der Waals surface area contributed by atoms with Crippen molar-refractivity contribution in [3.63, 3.8) is 0 Å². The standard InChI is InChI=1S/C16H25NO3/c1-15(2,14(19)20)17(3)13(18)16-7-10-4-11(8-16)6-12(5-10)9-16/h10-12H,4-9H2,1-3H3,(H,19,20). The van der Waals surface area contributed by atoms with Crippen LogP contribution < -0.4 is 0 Å². The third kappa shape index (κ3) is 1.87. The van der Waals surface area contributed by atoms with Crippen molar-refractivity contribution >= 4 is 11.9 Å². The molecule has 1 amide bonds. The minimum Gasteiger partial charge on any atom is -0.480 e. The summed E-state index contributed by atoms with van der Waals surface area (Å²) in [5.41, 5.74) is -1.38. The van der Waals surface area contributed by atoms with Crippen LogP contribution in [-0.4, -0.2) is 34.5 Å². The van der Waals surface area contributed by atoms with E-state index in [0.29, 0.717) is 17.8 Å². The van der Waals surface area contributed by atoms with Gasteiger partial charge in [0.15, 0.2) is 0 Å². The number of carbonyl (C=O) groups excluding carboxylic acids is 1. The van der Waals surface area contributed by atoms with Crippen molar-refractivity contribution in [3.8, 4) is 0 Å². The minimum atomic E-state index is -1.12. The molecule has 1 N–H and O–H groups in total. The zero-order valence-corrected chi connectivity index (χ0v) is 12.7. The lowest BCUT2D eigenvalue weighted by atomic mass is 9.49. The molecule has 4 aliphatic carbocycles. The maximum Gasteiger partial charge on any atom is 0.329 e. The van der Waals surface area contributed by atoms with Crippen LogP contribution >= 0.6 is 0 Å². The first-order valence-corrected chi connectivity index (χ1v) is 7.76. The number of hydrogen-bond acceptors (Lipinski definition) is 2. The lowest BCUT2D eigenvalue weighted by molar-refractivity contribution is -0.169. The molecule has 4 bridgehead atoms. The summed E-state index contributed by atoms with van der Waals surface area (Å²) in [6.07, 6.45) is 6.82. The number of likely N-dealkylation sites (N-methyl/N-ethyl adjacent to an activating group) is 1. The van der Waals surface area contributed by atoms with Gasteiger partial charge in [0, 0.05) is 7.05 Å². The summed E-state index contributed by atoms with van der Waals surface area (Å²) >= 11 is 0. The number of hydrogen-bond donors (Lipinski definition) is 1. The number of carboxylic acid groups (broad SMARTS) is 1. The van der Waals surface area contributed by atoms with Crippen molar-refractivity contribution in [3.05, 3.63) is 0 Å². The topological polar surface area (TPSA) is 57.6 Å². The summed E-state index contributed by atoms with van der Waals surface area (Å²) in [6, 6.07) is 0. The molecule has 0 aromatic heterocycles. The average Bonchev–Trinajstić information content (AvgIpc) is 2.35. The van der Waals surface area contributed by atoms with E-state index >= 15 is 0 Å². The Hall–Kier alpha value is -1.06. The Balaban J connectivity index is 1.85. The first-order chi connectivity index (χ1) is 9.24. The molecule has 0 atom stereocenters. The molecule has 4 heteroatoms.